The van der Waals surface area contributed by atoms with E-state index in [9.17, 15) is 4.79 Å². The Labute approximate surface area is 128 Å². The lowest BCUT2D eigenvalue weighted by atomic mass is 9.89. The van der Waals surface area contributed by atoms with Crippen molar-refractivity contribution in [3.8, 4) is 0 Å². The van der Waals surface area contributed by atoms with Gasteiger partial charge in [-0.2, -0.15) is 0 Å². The SMILES string of the molecule is COC(=O)C(C)(c1cccc(Br)c1)N1CCCNCC1. The van der Waals surface area contributed by atoms with Crippen LogP contribution >= 0.6 is 15.9 Å². The molecule has 1 N–H and O–H groups in total. The van der Waals surface area contributed by atoms with Gasteiger partial charge in [-0.05, 0) is 37.6 Å². The van der Waals surface area contributed by atoms with Crippen molar-refractivity contribution < 1.29 is 9.53 Å². The Morgan fingerprint density at radius 3 is 2.90 bits per heavy atom. The third kappa shape index (κ3) is 3.05. The largest absolute Gasteiger partial charge is 0.467 e. The molecule has 0 saturated carbocycles. The summed E-state index contributed by atoms with van der Waals surface area (Å²) in [4.78, 5) is 14.7. The minimum atomic E-state index is -0.745. The number of methoxy groups -OCH3 is 1. The Morgan fingerprint density at radius 1 is 1.40 bits per heavy atom. The molecule has 1 heterocycles. The minimum Gasteiger partial charge on any atom is -0.467 e. The van der Waals surface area contributed by atoms with Crippen LogP contribution in [-0.2, 0) is 15.1 Å². The highest BCUT2D eigenvalue weighted by Crippen LogP contribution is 2.31. The molecule has 110 valence electrons. The van der Waals surface area contributed by atoms with Crippen molar-refractivity contribution in [1.82, 2.24) is 10.2 Å². The molecular formula is C15H21BrN2O2. The zero-order valence-electron chi connectivity index (χ0n) is 12.0. The van der Waals surface area contributed by atoms with E-state index in [1.165, 1.54) is 7.11 Å². The second-order valence-electron chi connectivity index (χ2n) is 5.16. The first kappa shape index (κ1) is 15.5. The minimum absolute atomic E-state index is 0.211. The van der Waals surface area contributed by atoms with Crippen molar-refractivity contribution in [2.24, 2.45) is 0 Å². The maximum atomic E-state index is 12.5. The topological polar surface area (TPSA) is 41.6 Å². The Kier molecular flexibility index (Phi) is 5.18. The first-order valence-electron chi connectivity index (χ1n) is 6.89. The summed E-state index contributed by atoms with van der Waals surface area (Å²) in [5, 5.41) is 3.37. The zero-order valence-corrected chi connectivity index (χ0v) is 13.6. The number of nitrogens with zero attached hydrogens (tertiary/aromatic N) is 1. The summed E-state index contributed by atoms with van der Waals surface area (Å²) in [7, 11) is 1.45. The fourth-order valence-corrected chi connectivity index (χ4v) is 3.11. The van der Waals surface area contributed by atoms with Gasteiger partial charge in [-0.3, -0.25) is 4.90 Å². The lowest BCUT2D eigenvalue weighted by molar-refractivity contribution is -0.155. The van der Waals surface area contributed by atoms with Gasteiger partial charge in [-0.1, -0.05) is 28.1 Å². The number of carbonyl (C=O) groups excluding carboxylic acids is 1. The molecule has 1 fully saturated rings. The van der Waals surface area contributed by atoms with Gasteiger partial charge in [0.05, 0.1) is 7.11 Å². The van der Waals surface area contributed by atoms with Gasteiger partial charge in [0, 0.05) is 24.1 Å². The Hall–Kier alpha value is -0.910. The van der Waals surface area contributed by atoms with E-state index < -0.39 is 5.54 Å². The molecule has 0 amide bonds. The number of carbonyl (C=O) groups is 1. The normalized spacial score (nSPS) is 19.9. The smallest absolute Gasteiger partial charge is 0.330 e. The van der Waals surface area contributed by atoms with Gasteiger partial charge in [0.25, 0.3) is 0 Å². The van der Waals surface area contributed by atoms with Crippen LogP contribution in [0.5, 0.6) is 0 Å². The van der Waals surface area contributed by atoms with E-state index in [1.54, 1.807) is 0 Å². The molecule has 1 saturated heterocycles. The summed E-state index contributed by atoms with van der Waals surface area (Å²) in [6.07, 6.45) is 1.03. The van der Waals surface area contributed by atoms with E-state index in [0.29, 0.717) is 0 Å². The molecule has 0 bridgehead atoms. The van der Waals surface area contributed by atoms with Gasteiger partial charge in [-0.25, -0.2) is 4.79 Å². The van der Waals surface area contributed by atoms with Gasteiger partial charge in [0.1, 0.15) is 5.54 Å². The van der Waals surface area contributed by atoms with Crippen LogP contribution < -0.4 is 5.32 Å². The summed E-state index contributed by atoms with van der Waals surface area (Å²) >= 11 is 3.48. The molecule has 1 aliphatic rings. The van der Waals surface area contributed by atoms with Gasteiger partial charge in [-0.15, -0.1) is 0 Å². The van der Waals surface area contributed by atoms with Crippen LogP contribution in [0.25, 0.3) is 0 Å². The number of hydrogen-bond acceptors (Lipinski definition) is 4. The fourth-order valence-electron chi connectivity index (χ4n) is 2.71. The van der Waals surface area contributed by atoms with Gasteiger partial charge in [0.15, 0.2) is 0 Å². The van der Waals surface area contributed by atoms with Crippen LogP contribution in [0.15, 0.2) is 28.7 Å². The lowest BCUT2D eigenvalue weighted by Crippen LogP contribution is -2.51. The molecule has 2 rings (SSSR count). The number of nitrogens with one attached hydrogen (secondary N) is 1. The molecule has 0 radical (unpaired) electrons. The third-order valence-electron chi connectivity index (χ3n) is 3.94. The lowest BCUT2D eigenvalue weighted by Gasteiger charge is -2.38. The highest BCUT2D eigenvalue weighted by molar-refractivity contribution is 9.10. The third-order valence-corrected chi connectivity index (χ3v) is 4.44. The number of rotatable bonds is 3. The Morgan fingerprint density at radius 2 is 2.20 bits per heavy atom. The number of hydrogen-bond donors (Lipinski definition) is 1. The van der Waals surface area contributed by atoms with Crippen molar-refractivity contribution in [3.63, 3.8) is 0 Å². The molecular weight excluding hydrogens is 320 g/mol. The fraction of sp³-hybridized carbons (Fsp3) is 0.533. The van der Waals surface area contributed by atoms with Crippen LogP contribution in [-0.4, -0.2) is 44.2 Å². The predicted octanol–water partition coefficient (Wildman–Crippen LogP) is 2.13. The summed E-state index contributed by atoms with van der Waals surface area (Å²) < 4.78 is 6.06. The molecule has 4 nitrogen and oxygen atoms in total. The van der Waals surface area contributed by atoms with Crippen molar-refractivity contribution in [3.05, 3.63) is 34.3 Å². The predicted molar refractivity (Wildman–Crippen MR) is 82.6 cm³/mol. The second-order valence-corrected chi connectivity index (χ2v) is 6.08. The summed E-state index contributed by atoms with van der Waals surface area (Å²) in [6, 6.07) is 7.90. The number of halogens is 1. The van der Waals surface area contributed by atoms with E-state index in [0.717, 1.165) is 42.6 Å². The van der Waals surface area contributed by atoms with Gasteiger partial charge >= 0.3 is 5.97 Å². The van der Waals surface area contributed by atoms with E-state index in [-0.39, 0.29) is 5.97 Å². The van der Waals surface area contributed by atoms with Crippen molar-refractivity contribution in [2.45, 2.75) is 18.9 Å². The highest BCUT2D eigenvalue weighted by atomic mass is 79.9. The number of ether oxygens (including phenoxy) is 1. The van der Waals surface area contributed by atoms with Crippen LogP contribution in [0.4, 0.5) is 0 Å². The van der Waals surface area contributed by atoms with E-state index in [2.05, 4.69) is 26.1 Å². The maximum absolute atomic E-state index is 12.5. The summed E-state index contributed by atoms with van der Waals surface area (Å²) in [6.45, 7) is 5.54. The maximum Gasteiger partial charge on any atom is 0.330 e. The van der Waals surface area contributed by atoms with E-state index in [4.69, 9.17) is 4.74 Å². The summed E-state index contributed by atoms with van der Waals surface area (Å²) in [5.41, 5.74) is 0.213. The standard InChI is InChI=1S/C15H21BrN2O2/c1-15(14(19)20-2,12-5-3-6-13(16)11-12)18-9-4-7-17-8-10-18/h3,5-6,11,17H,4,7-10H2,1-2H3. The van der Waals surface area contributed by atoms with Crippen molar-refractivity contribution in [1.29, 1.82) is 0 Å². The molecule has 0 aliphatic carbocycles. The first-order chi connectivity index (χ1) is 9.59. The van der Waals surface area contributed by atoms with Crippen molar-refractivity contribution >= 4 is 21.9 Å². The quantitative estimate of drug-likeness (QED) is 0.856. The molecule has 1 unspecified atom stereocenters. The highest BCUT2D eigenvalue weighted by Gasteiger charge is 2.42. The molecule has 1 aromatic carbocycles. The van der Waals surface area contributed by atoms with Crippen LogP contribution in [0.2, 0.25) is 0 Å². The van der Waals surface area contributed by atoms with E-state index in [1.807, 2.05) is 31.2 Å². The average molecular weight is 341 g/mol. The molecule has 1 aliphatic heterocycles. The molecule has 0 spiro atoms. The number of esters is 1. The molecule has 5 heteroatoms. The number of benzene rings is 1. The second kappa shape index (κ2) is 6.70. The van der Waals surface area contributed by atoms with Crippen LogP contribution in [0, 0.1) is 0 Å². The van der Waals surface area contributed by atoms with E-state index >= 15 is 0 Å². The van der Waals surface area contributed by atoms with Crippen molar-refractivity contribution in [2.75, 3.05) is 33.3 Å². The molecule has 1 atom stereocenters. The van der Waals surface area contributed by atoms with Gasteiger partial charge < -0.3 is 10.1 Å². The summed E-state index contributed by atoms with van der Waals surface area (Å²) in [5.74, 6) is -0.211. The Bertz CT molecular complexity index is 473. The average Bonchev–Trinajstić information content (AvgIpc) is 2.75. The Balaban J connectivity index is 2.41. The molecule has 0 aromatic heterocycles. The zero-order chi connectivity index (χ0) is 14.6. The molecule has 1 aromatic rings. The van der Waals surface area contributed by atoms with Crippen LogP contribution in [0.3, 0.4) is 0 Å². The monoisotopic (exact) mass is 340 g/mol. The van der Waals surface area contributed by atoms with Gasteiger partial charge in [0.2, 0.25) is 0 Å². The molecule has 20 heavy (non-hydrogen) atoms. The van der Waals surface area contributed by atoms with Crippen LogP contribution in [0.1, 0.15) is 18.9 Å². The first-order valence-corrected chi connectivity index (χ1v) is 7.68.